The van der Waals surface area contributed by atoms with E-state index in [0.717, 1.165) is 23.5 Å². The molecular weight excluding hydrogens is 793 g/mol. The van der Waals surface area contributed by atoms with Crippen LogP contribution < -0.4 is 10.6 Å². The number of amides is 2. The number of rotatable bonds is 30. The predicted octanol–water partition coefficient (Wildman–Crippen LogP) is 3.23. The summed E-state index contributed by atoms with van der Waals surface area (Å²) in [6, 6.07) is -2.19. The molecule has 2 unspecified atom stereocenters. The molecule has 0 bridgehead atoms. The van der Waals surface area contributed by atoms with E-state index < -0.39 is 23.9 Å². The van der Waals surface area contributed by atoms with Gasteiger partial charge in [-0.1, -0.05) is 78.9 Å². The van der Waals surface area contributed by atoms with Gasteiger partial charge < -0.3 is 39.4 Å². The molecule has 2 atom stereocenters. The molecule has 18 heteroatoms. The van der Waals surface area contributed by atoms with Gasteiger partial charge in [-0.25, -0.2) is 0 Å². The van der Waals surface area contributed by atoms with Crippen LogP contribution >= 0.6 is 23.5 Å². The highest BCUT2D eigenvalue weighted by Gasteiger charge is 2.36. The van der Waals surface area contributed by atoms with Crippen LogP contribution in [0.4, 0.5) is 0 Å². The Morgan fingerprint density at radius 2 is 0.741 bits per heavy atom. The molecule has 1 saturated heterocycles. The lowest BCUT2D eigenvalue weighted by atomic mass is 10.1. The molecule has 0 aromatic carbocycles. The van der Waals surface area contributed by atoms with Gasteiger partial charge in [-0.15, -0.1) is 0 Å². The van der Waals surface area contributed by atoms with Crippen molar-refractivity contribution in [1.29, 1.82) is 0 Å². The number of hydrogen-bond acceptors (Lipinski definition) is 16. The van der Waals surface area contributed by atoms with Gasteiger partial charge >= 0.3 is 23.9 Å². The van der Waals surface area contributed by atoms with E-state index in [1.807, 2.05) is 65.2 Å². The van der Waals surface area contributed by atoms with E-state index in [2.05, 4.69) is 10.6 Å². The predicted molar refractivity (Wildman–Crippen MR) is 223 cm³/mol. The van der Waals surface area contributed by atoms with Crippen LogP contribution in [0, 0.1) is 23.7 Å². The van der Waals surface area contributed by atoms with Crippen molar-refractivity contribution < 1.29 is 57.3 Å². The minimum Gasteiger partial charge on any atom is -0.465 e. The number of carbonyl (C=O) groups is 8. The van der Waals surface area contributed by atoms with Gasteiger partial charge in [-0.2, -0.15) is 0 Å². The zero-order valence-corrected chi connectivity index (χ0v) is 37.4. The number of ether oxygens (including phenoxy) is 4. The fourth-order valence-electron chi connectivity index (χ4n) is 4.99. The average molecular weight is 861 g/mol. The minimum absolute atomic E-state index is 0.120. The molecule has 0 aromatic rings. The Bertz CT molecular complexity index is 1180. The normalized spacial score (nSPS) is 15.6. The highest BCUT2D eigenvalue weighted by molar-refractivity contribution is 8.13. The number of carbonyl (C=O) groups excluding carboxylic acids is 8. The van der Waals surface area contributed by atoms with E-state index >= 15 is 0 Å². The third kappa shape index (κ3) is 26.7. The van der Waals surface area contributed by atoms with Gasteiger partial charge in [0.05, 0.1) is 52.1 Å². The number of esters is 4. The van der Waals surface area contributed by atoms with Crippen molar-refractivity contribution in [3.8, 4) is 0 Å². The first kappa shape index (κ1) is 52.8. The summed E-state index contributed by atoms with van der Waals surface area (Å²) < 4.78 is 21.0. The first-order valence-electron chi connectivity index (χ1n) is 20.3. The largest absolute Gasteiger partial charge is 0.465 e. The number of hydrogen-bond donors (Lipinski definition) is 2. The quantitative estimate of drug-likeness (QED) is 0.0786. The van der Waals surface area contributed by atoms with Gasteiger partial charge in [-0.05, 0) is 23.7 Å². The molecule has 0 saturated carbocycles. The third-order valence-electron chi connectivity index (χ3n) is 8.19. The van der Waals surface area contributed by atoms with E-state index in [-0.39, 0.29) is 96.3 Å². The zero-order chi connectivity index (χ0) is 43.6. The molecule has 2 N–H and O–H groups in total. The number of nitrogens with zero attached hydrogens (tertiary/aromatic N) is 2. The Labute approximate surface area is 353 Å². The smallest absolute Gasteiger partial charge is 0.307 e. The molecule has 0 spiro atoms. The topological polar surface area (TPSA) is 204 Å². The first-order valence-corrected chi connectivity index (χ1v) is 22.3. The summed E-state index contributed by atoms with van der Waals surface area (Å²) >= 11 is 1.96. The lowest BCUT2D eigenvalue weighted by molar-refractivity contribution is -0.147. The lowest BCUT2D eigenvalue weighted by Gasteiger charge is -2.29. The highest BCUT2D eigenvalue weighted by Crippen LogP contribution is 2.15. The maximum absolute atomic E-state index is 12.9. The van der Waals surface area contributed by atoms with Gasteiger partial charge in [0, 0.05) is 63.6 Å². The molecule has 1 aliphatic heterocycles. The summed E-state index contributed by atoms with van der Waals surface area (Å²) in [5.41, 5.74) is 0. The Morgan fingerprint density at radius 1 is 0.483 bits per heavy atom. The van der Waals surface area contributed by atoms with Crippen molar-refractivity contribution in [3.05, 3.63) is 0 Å². The summed E-state index contributed by atoms with van der Waals surface area (Å²) in [7, 11) is 0. The van der Waals surface area contributed by atoms with E-state index in [4.69, 9.17) is 18.9 Å². The standard InChI is InChI=1S/C40H68N4O12S2/c1-27(2)23-53-33(45)9-13-43(14-10-34(46)54-24-28(3)4)17-19-57-37(49)21-31-39(51)42-32(40(52)41-31)22-38(50)58-20-18-44(15-11-35(47)55-25-29(5)6)16-12-36(48)56-26-30(7)8/h27-32H,9-26H2,1-8H3,(H,41,52)(H,42,51). The third-order valence-corrected chi connectivity index (χ3v) is 9.94. The van der Waals surface area contributed by atoms with Crippen LogP contribution in [0.15, 0.2) is 0 Å². The van der Waals surface area contributed by atoms with Crippen LogP contribution in [0.1, 0.15) is 93.9 Å². The molecule has 1 rings (SSSR count). The van der Waals surface area contributed by atoms with Crippen molar-refractivity contribution in [2.24, 2.45) is 23.7 Å². The summed E-state index contributed by atoms with van der Waals surface area (Å²) in [6.07, 6.45) is -0.0361. The Hall–Kier alpha value is -3.22. The molecule has 1 heterocycles. The highest BCUT2D eigenvalue weighted by atomic mass is 32.2. The molecule has 58 heavy (non-hydrogen) atoms. The van der Waals surface area contributed by atoms with Crippen LogP contribution in [0.3, 0.4) is 0 Å². The maximum atomic E-state index is 12.9. The SMILES string of the molecule is CC(C)COC(=O)CCN(CCSC(=O)CC1NC(=O)C(CC(=O)SCCN(CCC(=O)OCC(C)C)CCC(=O)OCC(C)C)NC1=O)CCC(=O)OCC(C)C. The van der Waals surface area contributed by atoms with Crippen LogP contribution in [0.5, 0.6) is 0 Å². The first-order chi connectivity index (χ1) is 27.3. The molecule has 1 fully saturated rings. The van der Waals surface area contributed by atoms with Crippen molar-refractivity contribution in [3.63, 3.8) is 0 Å². The van der Waals surface area contributed by atoms with Gasteiger partial charge in [0.2, 0.25) is 11.8 Å². The van der Waals surface area contributed by atoms with Crippen LogP contribution in [-0.4, -0.2) is 145 Å². The molecule has 16 nitrogen and oxygen atoms in total. The lowest BCUT2D eigenvalue weighted by Crippen LogP contribution is -2.62. The fraction of sp³-hybridized carbons (Fsp3) is 0.800. The van der Waals surface area contributed by atoms with Crippen molar-refractivity contribution in [2.45, 2.75) is 106 Å². The van der Waals surface area contributed by atoms with E-state index in [1.54, 1.807) is 0 Å². The van der Waals surface area contributed by atoms with Crippen LogP contribution in [0.25, 0.3) is 0 Å². The van der Waals surface area contributed by atoms with Crippen molar-refractivity contribution >= 4 is 69.4 Å². The number of nitrogens with one attached hydrogen (secondary N) is 2. The summed E-state index contributed by atoms with van der Waals surface area (Å²) in [6.45, 7) is 18.8. The molecule has 0 aliphatic carbocycles. The second kappa shape index (κ2) is 29.9. The van der Waals surface area contributed by atoms with Gasteiger partial charge in [0.15, 0.2) is 10.2 Å². The molecule has 0 radical (unpaired) electrons. The molecular formula is C40H68N4O12S2. The van der Waals surface area contributed by atoms with Crippen LogP contribution in [-0.2, 0) is 57.3 Å². The van der Waals surface area contributed by atoms with Crippen molar-refractivity contribution in [1.82, 2.24) is 20.4 Å². The minimum atomic E-state index is -1.10. The average Bonchev–Trinajstić information content (AvgIpc) is 3.14. The van der Waals surface area contributed by atoms with Crippen LogP contribution in [0.2, 0.25) is 0 Å². The molecule has 0 aromatic heterocycles. The summed E-state index contributed by atoms with van der Waals surface area (Å²) in [4.78, 5) is 104. The molecule has 332 valence electrons. The fourth-order valence-corrected chi connectivity index (χ4v) is 6.71. The number of thioether (sulfide) groups is 2. The van der Waals surface area contributed by atoms with E-state index in [0.29, 0.717) is 77.2 Å². The summed E-state index contributed by atoms with van der Waals surface area (Å²) in [5, 5.41) is 4.47. The summed E-state index contributed by atoms with van der Waals surface area (Å²) in [5.74, 6) is -1.11. The zero-order valence-electron chi connectivity index (χ0n) is 35.8. The second-order valence-electron chi connectivity index (χ2n) is 16.0. The monoisotopic (exact) mass is 860 g/mol. The maximum Gasteiger partial charge on any atom is 0.307 e. The Morgan fingerprint density at radius 3 is 0.983 bits per heavy atom. The second-order valence-corrected chi connectivity index (χ2v) is 18.3. The van der Waals surface area contributed by atoms with E-state index in [1.165, 1.54) is 0 Å². The van der Waals surface area contributed by atoms with Gasteiger partial charge in [-0.3, -0.25) is 38.4 Å². The van der Waals surface area contributed by atoms with Crippen molar-refractivity contribution in [2.75, 3.05) is 77.2 Å². The molecule has 2 amide bonds. The van der Waals surface area contributed by atoms with E-state index in [9.17, 15) is 38.4 Å². The van der Waals surface area contributed by atoms with Gasteiger partial charge in [0.1, 0.15) is 12.1 Å². The van der Waals surface area contributed by atoms with Gasteiger partial charge in [0.25, 0.3) is 0 Å². The Balaban J connectivity index is 2.60. The Kier molecular flexibility index (Phi) is 27.2. The number of piperazine rings is 1. The molecule has 1 aliphatic rings.